The predicted octanol–water partition coefficient (Wildman–Crippen LogP) is 5.21. The van der Waals surface area contributed by atoms with Crippen LogP contribution in [0.2, 0.25) is 5.02 Å². The zero-order chi connectivity index (χ0) is 20.2. The Morgan fingerprint density at radius 1 is 1.14 bits per heavy atom. The molecule has 7 heteroatoms. The number of aromatic amines is 1. The largest absolute Gasteiger partial charge is 0.497 e. The van der Waals surface area contributed by atoms with E-state index >= 15 is 0 Å². The number of hydrogen-bond donors (Lipinski definition) is 3. The van der Waals surface area contributed by atoms with Gasteiger partial charge in [-0.1, -0.05) is 23.7 Å². The SMILES string of the molecule is COc1cccc(CNC(=O)Nc2c(-c3ccncc3)[nH]c3ccc(Cl)cc23)c1. The number of fused-ring (bicyclic) bond motifs is 1. The Morgan fingerprint density at radius 3 is 2.76 bits per heavy atom. The topological polar surface area (TPSA) is 79.0 Å². The van der Waals surface area contributed by atoms with Gasteiger partial charge >= 0.3 is 6.03 Å². The number of rotatable bonds is 5. The summed E-state index contributed by atoms with van der Waals surface area (Å²) < 4.78 is 5.22. The summed E-state index contributed by atoms with van der Waals surface area (Å²) in [6, 6.07) is 16.5. The molecule has 146 valence electrons. The molecular formula is C22H19ClN4O2. The van der Waals surface area contributed by atoms with Crippen LogP contribution in [0.3, 0.4) is 0 Å². The van der Waals surface area contributed by atoms with E-state index < -0.39 is 0 Å². The van der Waals surface area contributed by atoms with Gasteiger partial charge in [0.2, 0.25) is 0 Å². The summed E-state index contributed by atoms with van der Waals surface area (Å²) in [7, 11) is 1.61. The maximum absolute atomic E-state index is 12.6. The highest BCUT2D eigenvalue weighted by Gasteiger charge is 2.16. The minimum atomic E-state index is -0.316. The number of nitrogens with one attached hydrogen (secondary N) is 3. The molecule has 0 aliphatic rings. The van der Waals surface area contributed by atoms with Gasteiger partial charge in [-0.15, -0.1) is 0 Å². The van der Waals surface area contributed by atoms with Crippen molar-refractivity contribution in [1.82, 2.24) is 15.3 Å². The van der Waals surface area contributed by atoms with Crippen LogP contribution in [-0.2, 0) is 6.54 Å². The number of hydrogen-bond acceptors (Lipinski definition) is 3. The van der Waals surface area contributed by atoms with Crippen LogP contribution in [-0.4, -0.2) is 23.1 Å². The number of benzene rings is 2. The first-order chi connectivity index (χ1) is 14.1. The van der Waals surface area contributed by atoms with Crippen molar-refractivity contribution in [3.05, 3.63) is 77.6 Å². The van der Waals surface area contributed by atoms with Gasteiger partial charge in [-0.3, -0.25) is 4.98 Å². The van der Waals surface area contributed by atoms with Crippen LogP contribution in [0.25, 0.3) is 22.2 Å². The summed E-state index contributed by atoms with van der Waals surface area (Å²) in [6.45, 7) is 0.372. The molecule has 0 saturated carbocycles. The first-order valence-corrected chi connectivity index (χ1v) is 9.41. The van der Waals surface area contributed by atoms with Crippen LogP contribution in [0.15, 0.2) is 67.0 Å². The standard InChI is InChI=1S/C22H19ClN4O2/c1-29-17-4-2-3-14(11-17)13-25-22(28)27-21-18-12-16(23)5-6-19(18)26-20(21)15-7-9-24-10-8-15/h2-12,26H,13H2,1H3,(H2,25,27,28). The lowest BCUT2D eigenvalue weighted by Gasteiger charge is -2.10. The van der Waals surface area contributed by atoms with Crippen LogP contribution in [0.1, 0.15) is 5.56 Å². The molecule has 0 fully saturated rings. The molecule has 0 atom stereocenters. The van der Waals surface area contributed by atoms with Crippen molar-refractivity contribution in [1.29, 1.82) is 0 Å². The number of H-pyrrole nitrogens is 1. The predicted molar refractivity (Wildman–Crippen MR) is 115 cm³/mol. The van der Waals surface area contributed by atoms with Crippen LogP contribution in [0.5, 0.6) is 5.75 Å². The molecule has 4 aromatic rings. The number of methoxy groups -OCH3 is 1. The molecule has 0 spiro atoms. The third-order valence-corrected chi connectivity index (χ3v) is 4.79. The molecule has 0 aliphatic heterocycles. The number of carbonyl (C=O) groups is 1. The first-order valence-electron chi connectivity index (χ1n) is 9.03. The van der Waals surface area contributed by atoms with Crippen LogP contribution in [0, 0.1) is 0 Å². The summed E-state index contributed by atoms with van der Waals surface area (Å²) in [5.74, 6) is 0.746. The molecule has 0 unspecified atom stereocenters. The number of ether oxygens (including phenoxy) is 1. The minimum absolute atomic E-state index is 0.316. The minimum Gasteiger partial charge on any atom is -0.497 e. The molecule has 29 heavy (non-hydrogen) atoms. The fourth-order valence-electron chi connectivity index (χ4n) is 3.15. The number of carbonyl (C=O) groups excluding carboxylic acids is 1. The summed E-state index contributed by atoms with van der Waals surface area (Å²) >= 11 is 6.19. The van der Waals surface area contributed by atoms with Crippen molar-refractivity contribution in [2.24, 2.45) is 0 Å². The Kier molecular flexibility index (Phi) is 5.35. The van der Waals surface area contributed by atoms with Gasteiger partial charge in [-0.2, -0.15) is 0 Å². The van der Waals surface area contributed by atoms with Gasteiger partial charge < -0.3 is 20.4 Å². The zero-order valence-corrected chi connectivity index (χ0v) is 16.5. The fraction of sp³-hybridized carbons (Fsp3) is 0.0909. The van der Waals surface area contributed by atoms with Crippen LogP contribution < -0.4 is 15.4 Å². The molecule has 4 rings (SSSR count). The van der Waals surface area contributed by atoms with E-state index in [0.29, 0.717) is 17.3 Å². The highest BCUT2D eigenvalue weighted by Crippen LogP contribution is 2.36. The molecule has 0 bridgehead atoms. The van der Waals surface area contributed by atoms with Crippen molar-refractivity contribution >= 4 is 34.2 Å². The fourth-order valence-corrected chi connectivity index (χ4v) is 3.32. The normalized spacial score (nSPS) is 10.7. The van der Waals surface area contributed by atoms with Gasteiger partial charge in [0.25, 0.3) is 0 Å². The van der Waals surface area contributed by atoms with Crippen LogP contribution >= 0.6 is 11.6 Å². The second-order valence-electron chi connectivity index (χ2n) is 6.46. The highest BCUT2D eigenvalue weighted by atomic mass is 35.5. The van der Waals surface area contributed by atoms with Gasteiger partial charge in [-0.25, -0.2) is 4.79 Å². The van der Waals surface area contributed by atoms with Gasteiger partial charge in [0.1, 0.15) is 5.75 Å². The Bertz CT molecular complexity index is 1160. The Morgan fingerprint density at radius 2 is 1.97 bits per heavy atom. The molecule has 2 aromatic carbocycles. The maximum Gasteiger partial charge on any atom is 0.319 e. The Balaban J connectivity index is 1.60. The molecule has 0 radical (unpaired) electrons. The van der Waals surface area contributed by atoms with E-state index in [1.165, 1.54) is 0 Å². The van der Waals surface area contributed by atoms with E-state index in [-0.39, 0.29) is 6.03 Å². The monoisotopic (exact) mass is 406 g/mol. The lowest BCUT2D eigenvalue weighted by molar-refractivity contribution is 0.252. The number of nitrogens with zero attached hydrogens (tertiary/aromatic N) is 1. The molecule has 0 saturated heterocycles. The third kappa shape index (κ3) is 4.17. The first kappa shape index (κ1) is 18.8. The van der Waals surface area contributed by atoms with E-state index in [9.17, 15) is 4.79 Å². The molecule has 2 heterocycles. The van der Waals surface area contributed by atoms with E-state index in [2.05, 4.69) is 20.6 Å². The molecule has 2 amide bonds. The zero-order valence-electron chi connectivity index (χ0n) is 15.7. The van der Waals surface area contributed by atoms with E-state index in [1.54, 1.807) is 19.5 Å². The quantitative estimate of drug-likeness (QED) is 0.425. The number of aromatic nitrogens is 2. The number of pyridine rings is 1. The van der Waals surface area contributed by atoms with Crippen molar-refractivity contribution in [3.63, 3.8) is 0 Å². The van der Waals surface area contributed by atoms with Gasteiger partial charge in [0.15, 0.2) is 0 Å². The average Bonchev–Trinajstić information content (AvgIpc) is 3.10. The molecule has 0 aliphatic carbocycles. The van der Waals surface area contributed by atoms with Gasteiger partial charge in [0, 0.05) is 40.4 Å². The van der Waals surface area contributed by atoms with Crippen molar-refractivity contribution in [3.8, 4) is 17.0 Å². The van der Waals surface area contributed by atoms with Crippen molar-refractivity contribution in [2.75, 3.05) is 12.4 Å². The number of halogens is 1. The number of urea groups is 1. The lowest BCUT2D eigenvalue weighted by atomic mass is 10.1. The average molecular weight is 407 g/mol. The number of anilines is 1. The Labute approximate surface area is 172 Å². The van der Waals surface area contributed by atoms with E-state index in [0.717, 1.165) is 33.5 Å². The Hall–Kier alpha value is -3.51. The second-order valence-corrected chi connectivity index (χ2v) is 6.90. The van der Waals surface area contributed by atoms with Crippen molar-refractivity contribution in [2.45, 2.75) is 6.54 Å². The smallest absolute Gasteiger partial charge is 0.319 e. The molecule has 2 aromatic heterocycles. The molecule has 3 N–H and O–H groups in total. The number of amides is 2. The second kappa shape index (κ2) is 8.24. The lowest BCUT2D eigenvalue weighted by Crippen LogP contribution is -2.28. The van der Waals surface area contributed by atoms with Gasteiger partial charge in [0.05, 0.1) is 18.5 Å². The van der Waals surface area contributed by atoms with E-state index in [4.69, 9.17) is 16.3 Å². The van der Waals surface area contributed by atoms with Crippen LogP contribution in [0.4, 0.5) is 10.5 Å². The highest BCUT2D eigenvalue weighted by molar-refractivity contribution is 6.31. The van der Waals surface area contributed by atoms with Gasteiger partial charge in [-0.05, 0) is 48.0 Å². The molecule has 6 nitrogen and oxygen atoms in total. The summed E-state index contributed by atoms with van der Waals surface area (Å²) in [4.78, 5) is 20.1. The third-order valence-electron chi connectivity index (χ3n) is 4.56. The molecular weight excluding hydrogens is 388 g/mol. The summed E-state index contributed by atoms with van der Waals surface area (Å²) in [6.07, 6.45) is 3.42. The summed E-state index contributed by atoms with van der Waals surface area (Å²) in [5, 5.41) is 7.28. The van der Waals surface area contributed by atoms with E-state index in [1.807, 2.05) is 54.6 Å². The maximum atomic E-state index is 12.6. The van der Waals surface area contributed by atoms with Crippen molar-refractivity contribution < 1.29 is 9.53 Å². The summed E-state index contributed by atoms with van der Waals surface area (Å²) in [5.41, 5.74) is 4.19.